The van der Waals surface area contributed by atoms with Crippen molar-refractivity contribution in [3.8, 4) is 0 Å². The molecule has 0 radical (unpaired) electrons. The number of amidine groups is 1. The summed E-state index contributed by atoms with van der Waals surface area (Å²) in [4.78, 5) is 14.1. The minimum absolute atomic E-state index is 0.00116. The Kier molecular flexibility index (Phi) is 2.99. The molecule has 1 saturated carbocycles. The molecule has 0 aromatic carbocycles. The fourth-order valence-corrected chi connectivity index (χ4v) is 2.61. The van der Waals surface area contributed by atoms with Crippen LogP contribution in [0.2, 0.25) is 0 Å². The van der Waals surface area contributed by atoms with Gasteiger partial charge in [-0.3, -0.25) is 4.79 Å². The topological polar surface area (TPSA) is 99.2 Å². The molecular weight excluding hydrogens is 222 g/mol. The fraction of sp³-hybridized carbons (Fsp3) is 0.818. The largest absolute Gasteiger partial charge is 0.409 e. The predicted molar refractivity (Wildman–Crippen MR) is 61.4 cm³/mol. The van der Waals surface area contributed by atoms with Gasteiger partial charge in [-0.25, -0.2) is 0 Å². The number of aliphatic hydroxyl groups excluding tert-OH is 1. The first-order valence-corrected chi connectivity index (χ1v) is 5.96. The molecular formula is C11H19N3O3. The number of oxime groups is 1. The Bertz CT molecular complexity index is 352. The first-order valence-electron chi connectivity index (χ1n) is 5.96. The summed E-state index contributed by atoms with van der Waals surface area (Å²) in [5.74, 6) is 0.196. The molecule has 2 unspecified atom stereocenters. The summed E-state index contributed by atoms with van der Waals surface area (Å²) < 4.78 is 0. The second-order valence-electron chi connectivity index (χ2n) is 5.08. The normalized spacial score (nSPS) is 31.6. The summed E-state index contributed by atoms with van der Waals surface area (Å²) in [5.41, 5.74) is 4.79. The molecule has 4 N–H and O–H groups in total. The van der Waals surface area contributed by atoms with Crippen molar-refractivity contribution < 1.29 is 15.1 Å². The number of amides is 1. The van der Waals surface area contributed by atoms with Crippen LogP contribution in [0.15, 0.2) is 5.16 Å². The van der Waals surface area contributed by atoms with Gasteiger partial charge in [0.1, 0.15) is 5.41 Å². The first-order chi connectivity index (χ1) is 8.06. The number of nitrogens with two attached hydrogens (primary N) is 1. The maximum absolute atomic E-state index is 12.4. The zero-order chi connectivity index (χ0) is 12.6. The Hall–Kier alpha value is -1.30. The van der Waals surface area contributed by atoms with Crippen LogP contribution >= 0.6 is 0 Å². The molecule has 1 saturated heterocycles. The molecule has 0 spiro atoms. The SMILES string of the molecule is CC1CCN(C(=O)C2(C(N)=NO)CC2)C1CO. The summed E-state index contributed by atoms with van der Waals surface area (Å²) in [7, 11) is 0. The van der Waals surface area contributed by atoms with Gasteiger partial charge in [0.25, 0.3) is 0 Å². The van der Waals surface area contributed by atoms with Crippen molar-refractivity contribution in [2.24, 2.45) is 22.2 Å². The standard InChI is InChI=1S/C11H19N3O3/c1-7-2-5-14(8(7)6-15)10(16)11(3-4-11)9(12)13-17/h7-8,15,17H,2-6H2,1H3,(H2,12,13). The van der Waals surface area contributed by atoms with Crippen molar-refractivity contribution >= 4 is 11.7 Å². The maximum Gasteiger partial charge on any atom is 0.236 e. The van der Waals surface area contributed by atoms with Crippen molar-refractivity contribution in [2.45, 2.75) is 32.2 Å². The van der Waals surface area contributed by atoms with Gasteiger partial charge in [0.15, 0.2) is 5.84 Å². The number of carbonyl (C=O) groups excluding carboxylic acids is 1. The van der Waals surface area contributed by atoms with Gasteiger partial charge in [0, 0.05) is 6.54 Å². The van der Waals surface area contributed by atoms with E-state index in [1.807, 2.05) is 6.92 Å². The lowest BCUT2D eigenvalue weighted by Crippen LogP contribution is -2.47. The van der Waals surface area contributed by atoms with Gasteiger partial charge < -0.3 is 20.9 Å². The average molecular weight is 241 g/mol. The lowest BCUT2D eigenvalue weighted by molar-refractivity contribution is -0.136. The summed E-state index contributed by atoms with van der Waals surface area (Å²) in [6.45, 7) is 2.64. The second kappa shape index (κ2) is 4.18. The van der Waals surface area contributed by atoms with Gasteiger partial charge in [-0.2, -0.15) is 0 Å². The molecule has 1 aliphatic carbocycles. The number of rotatable bonds is 3. The van der Waals surface area contributed by atoms with Crippen LogP contribution in [0.4, 0.5) is 0 Å². The van der Waals surface area contributed by atoms with E-state index in [-0.39, 0.29) is 24.4 Å². The highest BCUT2D eigenvalue weighted by Crippen LogP contribution is 2.48. The average Bonchev–Trinajstić information content (AvgIpc) is 3.06. The molecule has 1 amide bonds. The smallest absolute Gasteiger partial charge is 0.236 e. The Balaban J connectivity index is 2.16. The van der Waals surface area contributed by atoms with Crippen molar-refractivity contribution in [1.82, 2.24) is 4.90 Å². The van der Waals surface area contributed by atoms with Gasteiger partial charge in [0.2, 0.25) is 5.91 Å². The zero-order valence-electron chi connectivity index (χ0n) is 9.96. The van der Waals surface area contributed by atoms with Gasteiger partial charge >= 0.3 is 0 Å². The van der Waals surface area contributed by atoms with Crippen LogP contribution < -0.4 is 5.73 Å². The third kappa shape index (κ3) is 1.76. The summed E-state index contributed by atoms with van der Waals surface area (Å²) >= 11 is 0. The third-order valence-electron chi connectivity index (χ3n) is 4.09. The number of aliphatic hydroxyl groups is 1. The van der Waals surface area contributed by atoms with Gasteiger partial charge in [0.05, 0.1) is 12.6 Å². The van der Waals surface area contributed by atoms with Crippen LogP contribution in [-0.4, -0.2) is 46.1 Å². The minimum atomic E-state index is -0.799. The zero-order valence-corrected chi connectivity index (χ0v) is 9.96. The number of hydrogen-bond donors (Lipinski definition) is 3. The predicted octanol–water partition coefficient (Wildman–Crippen LogP) is -0.258. The van der Waals surface area contributed by atoms with E-state index >= 15 is 0 Å². The van der Waals surface area contributed by atoms with Crippen LogP contribution in [-0.2, 0) is 4.79 Å². The highest BCUT2D eigenvalue weighted by molar-refractivity contribution is 6.09. The molecule has 6 nitrogen and oxygen atoms in total. The molecule has 1 heterocycles. The highest BCUT2D eigenvalue weighted by Gasteiger charge is 2.57. The molecule has 2 aliphatic rings. The van der Waals surface area contributed by atoms with Crippen molar-refractivity contribution in [2.75, 3.05) is 13.2 Å². The number of hydrogen-bond acceptors (Lipinski definition) is 4. The van der Waals surface area contributed by atoms with Crippen LogP contribution in [0.3, 0.4) is 0 Å². The Morgan fingerprint density at radius 1 is 1.59 bits per heavy atom. The van der Waals surface area contributed by atoms with Crippen LogP contribution in [0.25, 0.3) is 0 Å². The van der Waals surface area contributed by atoms with Crippen LogP contribution in [0, 0.1) is 11.3 Å². The maximum atomic E-state index is 12.4. The van der Waals surface area contributed by atoms with Crippen molar-refractivity contribution in [3.63, 3.8) is 0 Å². The molecule has 17 heavy (non-hydrogen) atoms. The van der Waals surface area contributed by atoms with Crippen LogP contribution in [0.1, 0.15) is 26.2 Å². The summed E-state index contributed by atoms with van der Waals surface area (Å²) in [5, 5.41) is 21.0. The monoisotopic (exact) mass is 241 g/mol. The van der Waals surface area contributed by atoms with Crippen molar-refractivity contribution in [3.05, 3.63) is 0 Å². The van der Waals surface area contributed by atoms with Crippen LogP contribution in [0.5, 0.6) is 0 Å². The molecule has 0 aromatic rings. The first kappa shape index (κ1) is 12.2. The third-order valence-corrected chi connectivity index (χ3v) is 4.09. The van der Waals surface area contributed by atoms with E-state index in [0.717, 1.165) is 6.42 Å². The molecule has 2 fully saturated rings. The Morgan fingerprint density at radius 3 is 2.71 bits per heavy atom. The summed E-state index contributed by atoms with van der Waals surface area (Å²) in [6.07, 6.45) is 2.15. The lowest BCUT2D eigenvalue weighted by atomic mass is 10.0. The van der Waals surface area contributed by atoms with E-state index < -0.39 is 5.41 Å². The molecule has 96 valence electrons. The van der Waals surface area contributed by atoms with E-state index in [4.69, 9.17) is 10.9 Å². The molecule has 0 aromatic heterocycles. The molecule has 6 heteroatoms. The van der Waals surface area contributed by atoms with Crippen molar-refractivity contribution in [1.29, 1.82) is 0 Å². The van der Waals surface area contributed by atoms with E-state index in [1.165, 1.54) is 0 Å². The molecule has 0 bridgehead atoms. The molecule has 1 aliphatic heterocycles. The quantitative estimate of drug-likeness (QED) is 0.274. The lowest BCUT2D eigenvalue weighted by Gasteiger charge is -2.28. The van der Waals surface area contributed by atoms with Gasteiger partial charge in [-0.1, -0.05) is 12.1 Å². The van der Waals surface area contributed by atoms with E-state index in [2.05, 4.69) is 5.16 Å². The van der Waals surface area contributed by atoms with E-state index in [1.54, 1.807) is 4.90 Å². The highest BCUT2D eigenvalue weighted by atomic mass is 16.4. The Morgan fingerprint density at radius 2 is 2.24 bits per heavy atom. The van der Waals surface area contributed by atoms with E-state index in [0.29, 0.717) is 25.3 Å². The number of nitrogens with zero attached hydrogens (tertiary/aromatic N) is 2. The Labute approximate surface area is 100 Å². The summed E-state index contributed by atoms with van der Waals surface area (Å²) in [6, 6.07) is -0.133. The van der Waals surface area contributed by atoms with Gasteiger partial charge in [-0.15, -0.1) is 0 Å². The molecule has 2 rings (SSSR count). The number of likely N-dealkylation sites (tertiary alicyclic amines) is 1. The fourth-order valence-electron chi connectivity index (χ4n) is 2.61. The second-order valence-corrected chi connectivity index (χ2v) is 5.08. The number of carbonyl (C=O) groups is 1. The molecule has 2 atom stereocenters. The van der Waals surface area contributed by atoms with E-state index in [9.17, 15) is 9.90 Å². The minimum Gasteiger partial charge on any atom is -0.409 e. The van der Waals surface area contributed by atoms with Gasteiger partial charge in [-0.05, 0) is 25.2 Å².